The number of nitrogen functional groups attached to an aromatic ring is 1. The Hall–Kier alpha value is -2.23. The molecule has 0 spiro atoms. The first-order valence-corrected chi connectivity index (χ1v) is 6.33. The molecule has 1 aromatic heterocycles. The third-order valence-corrected chi connectivity index (χ3v) is 2.69. The van der Waals surface area contributed by atoms with E-state index in [-0.39, 0.29) is 0 Å². The minimum absolute atomic E-state index is 0.410. The maximum absolute atomic E-state index is 5.95. The number of ether oxygens (including phenoxy) is 2. The summed E-state index contributed by atoms with van der Waals surface area (Å²) in [5.41, 5.74) is 7.44. The summed E-state index contributed by atoms with van der Waals surface area (Å²) in [6, 6.07) is 9.36. The van der Waals surface area contributed by atoms with Gasteiger partial charge in [-0.15, -0.1) is 0 Å². The average Bonchev–Trinajstić information content (AvgIpc) is 2.43. The maximum atomic E-state index is 5.95. The van der Waals surface area contributed by atoms with Gasteiger partial charge in [-0.25, -0.2) is 4.98 Å². The van der Waals surface area contributed by atoms with E-state index in [0.717, 1.165) is 12.0 Å². The minimum atomic E-state index is 0.410. The van der Waals surface area contributed by atoms with Crippen LogP contribution < -0.4 is 15.2 Å². The second kappa shape index (κ2) is 6.09. The molecule has 1 heterocycles. The lowest BCUT2D eigenvalue weighted by Gasteiger charge is -2.13. The van der Waals surface area contributed by atoms with Gasteiger partial charge in [0.1, 0.15) is 0 Å². The number of hydrogen-bond acceptors (Lipinski definition) is 4. The Bertz CT molecular complexity index is 556. The van der Waals surface area contributed by atoms with Gasteiger partial charge in [0.15, 0.2) is 11.5 Å². The lowest BCUT2D eigenvalue weighted by atomic mass is 10.2. The fourth-order valence-corrected chi connectivity index (χ4v) is 1.60. The van der Waals surface area contributed by atoms with Crippen molar-refractivity contribution in [2.75, 3.05) is 12.3 Å². The fourth-order valence-electron chi connectivity index (χ4n) is 1.60. The van der Waals surface area contributed by atoms with E-state index in [0.29, 0.717) is 29.7 Å². The summed E-state index contributed by atoms with van der Waals surface area (Å²) in [6.07, 6.45) is 2.62. The molecule has 0 aliphatic heterocycles. The van der Waals surface area contributed by atoms with Crippen LogP contribution in [0.3, 0.4) is 0 Å². The summed E-state index contributed by atoms with van der Waals surface area (Å²) in [4.78, 5) is 4.15. The first kappa shape index (κ1) is 13.2. The van der Waals surface area contributed by atoms with Crippen molar-refractivity contribution in [1.29, 1.82) is 0 Å². The van der Waals surface area contributed by atoms with Gasteiger partial charge >= 0.3 is 0 Å². The van der Waals surface area contributed by atoms with E-state index >= 15 is 0 Å². The summed E-state index contributed by atoms with van der Waals surface area (Å²) in [7, 11) is 0. The Balaban J connectivity index is 2.25. The highest BCUT2D eigenvalue weighted by molar-refractivity contribution is 5.56. The SMILES string of the molecule is CCCOc1ccccc1Oc1nccc(C)c1N. The number of para-hydroxylation sites is 2. The first-order chi connectivity index (χ1) is 9.22. The van der Waals surface area contributed by atoms with Crippen molar-refractivity contribution in [2.24, 2.45) is 0 Å². The van der Waals surface area contributed by atoms with Crippen LogP contribution in [0.25, 0.3) is 0 Å². The van der Waals surface area contributed by atoms with Crippen molar-refractivity contribution in [2.45, 2.75) is 20.3 Å². The molecule has 100 valence electrons. The molecule has 0 unspecified atom stereocenters. The lowest BCUT2D eigenvalue weighted by Crippen LogP contribution is -2.00. The quantitative estimate of drug-likeness (QED) is 0.891. The van der Waals surface area contributed by atoms with Crippen LogP contribution in [0.5, 0.6) is 17.4 Å². The molecule has 0 aliphatic carbocycles. The summed E-state index contributed by atoms with van der Waals surface area (Å²) < 4.78 is 11.4. The van der Waals surface area contributed by atoms with Crippen LogP contribution in [0, 0.1) is 6.92 Å². The number of benzene rings is 1. The molecule has 4 heteroatoms. The molecule has 2 N–H and O–H groups in total. The molecule has 0 atom stereocenters. The fraction of sp³-hybridized carbons (Fsp3) is 0.267. The third-order valence-electron chi connectivity index (χ3n) is 2.69. The van der Waals surface area contributed by atoms with Crippen molar-refractivity contribution >= 4 is 5.69 Å². The van der Waals surface area contributed by atoms with E-state index in [4.69, 9.17) is 15.2 Å². The Kier molecular flexibility index (Phi) is 4.23. The number of aryl methyl sites for hydroxylation is 1. The third kappa shape index (κ3) is 3.16. The zero-order chi connectivity index (χ0) is 13.7. The molecule has 0 fully saturated rings. The molecule has 2 aromatic rings. The van der Waals surface area contributed by atoms with Gasteiger partial charge in [0.25, 0.3) is 0 Å². The Morgan fingerprint density at radius 1 is 1.16 bits per heavy atom. The van der Waals surface area contributed by atoms with E-state index in [1.807, 2.05) is 37.3 Å². The number of anilines is 1. The predicted octanol–water partition coefficient (Wildman–Crippen LogP) is 3.55. The minimum Gasteiger partial charge on any atom is -0.490 e. The number of nitrogens with two attached hydrogens (primary N) is 1. The number of rotatable bonds is 5. The largest absolute Gasteiger partial charge is 0.490 e. The van der Waals surface area contributed by atoms with Gasteiger partial charge in [0.05, 0.1) is 12.3 Å². The second-order valence-corrected chi connectivity index (χ2v) is 4.24. The highest BCUT2D eigenvalue weighted by Crippen LogP contribution is 2.33. The zero-order valence-electron chi connectivity index (χ0n) is 11.2. The van der Waals surface area contributed by atoms with Crippen LogP contribution in [-0.4, -0.2) is 11.6 Å². The molecule has 0 aliphatic rings. The smallest absolute Gasteiger partial charge is 0.243 e. The van der Waals surface area contributed by atoms with Crippen molar-refractivity contribution in [1.82, 2.24) is 4.98 Å². The van der Waals surface area contributed by atoms with Crippen LogP contribution in [0.4, 0.5) is 5.69 Å². The van der Waals surface area contributed by atoms with Gasteiger partial charge in [0, 0.05) is 6.20 Å². The number of pyridine rings is 1. The van der Waals surface area contributed by atoms with Crippen LogP contribution >= 0.6 is 0 Å². The van der Waals surface area contributed by atoms with E-state index in [1.165, 1.54) is 0 Å². The molecule has 4 nitrogen and oxygen atoms in total. The highest BCUT2D eigenvalue weighted by atomic mass is 16.5. The van der Waals surface area contributed by atoms with Crippen molar-refractivity contribution in [3.8, 4) is 17.4 Å². The standard InChI is InChI=1S/C15H18N2O2/c1-3-10-18-12-6-4-5-7-13(12)19-15-14(16)11(2)8-9-17-15/h4-9H,3,10,16H2,1-2H3. The molecule has 0 amide bonds. The van der Waals surface area contributed by atoms with Gasteiger partial charge < -0.3 is 15.2 Å². The predicted molar refractivity (Wildman–Crippen MR) is 75.7 cm³/mol. The average molecular weight is 258 g/mol. The van der Waals surface area contributed by atoms with E-state index in [9.17, 15) is 0 Å². The van der Waals surface area contributed by atoms with Gasteiger partial charge in [-0.1, -0.05) is 19.1 Å². The van der Waals surface area contributed by atoms with Crippen LogP contribution in [0.2, 0.25) is 0 Å². The summed E-state index contributed by atoms with van der Waals surface area (Å²) in [5, 5.41) is 0. The molecule has 0 saturated carbocycles. The van der Waals surface area contributed by atoms with Gasteiger partial charge in [-0.2, -0.15) is 0 Å². The molecule has 0 bridgehead atoms. The van der Waals surface area contributed by atoms with Gasteiger partial charge in [-0.3, -0.25) is 0 Å². The maximum Gasteiger partial charge on any atom is 0.243 e. The van der Waals surface area contributed by atoms with Gasteiger partial charge in [-0.05, 0) is 37.1 Å². The Morgan fingerprint density at radius 3 is 2.63 bits per heavy atom. The first-order valence-electron chi connectivity index (χ1n) is 6.33. The monoisotopic (exact) mass is 258 g/mol. The van der Waals surface area contributed by atoms with E-state index in [1.54, 1.807) is 6.20 Å². The number of aromatic nitrogens is 1. The van der Waals surface area contributed by atoms with Crippen molar-refractivity contribution < 1.29 is 9.47 Å². The van der Waals surface area contributed by atoms with Crippen LogP contribution in [0.1, 0.15) is 18.9 Å². The summed E-state index contributed by atoms with van der Waals surface area (Å²) in [5.74, 6) is 1.74. The molecule has 1 aromatic carbocycles. The zero-order valence-corrected chi connectivity index (χ0v) is 11.2. The molecule has 0 saturated heterocycles. The van der Waals surface area contributed by atoms with Crippen molar-refractivity contribution in [3.63, 3.8) is 0 Å². The summed E-state index contributed by atoms with van der Waals surface area (Å²) >= 11 is 0. The molecule has 0 radical (unpaired) electrons. The number of hydrogen-bond donors (Lipinski definition) is 1. The van der Waals surface area contributed by atoms with Gasteiger partial charge in [0.2, 0.25) is 5.88 Å². The molecular weight excluding hydrogens is 240 g/mol. The number of nitrogens with zero attached hydrogens (tertiary/aromatic N) is 1. The topological polar surface area (TPSA) is 57.4 Å². The van der Waals surface area contributed by atoms with E-state index in [2.05, 4.69) is 11.9 Å². The van der Waals surface area contributed by atoms with Crippen molar-refractivity contribution in [3.05, 3.63) is 42.1 Å². The Labute approximate surface area is 113 Å². The second-order valence-electron chi connectivity index (χ2n) is 4.24. The van der Waals surface area contributed by atoms with E-state index < -0.39 is 0 Å². The molecular formula is C15H18N2O2. The molecule has 19 heavy (non-hydrogen) atoms. The molecule has 2 rings (SSSR count). The lowest BCUT2D eigenvalue weighted by molar-refractivity contribution is 0.301. The Morgan fingerprint density at radius 2 is 1.89 bits per heavy atom. The summed E-state index contributed by atoms with van der Waals surface area (Å²) in [6.45, 7) is 4.63. The normalized spacial score (nSPS) is 10.2. The van der Waals surface area contributed by atoms with Crippen LogP contribution in [-0.2, 0) is 0 Å². The highest BCUT2D eigenvalue weighted by Gasteiger charge is 2.09. The van der Waals surface area contributed by atoms with Crippen LogP contribution in [0.15, 0.2) is 36.5 Å².